The van der Waals surface area contributed by atoms with E-state index in [9.17, 15) is 19.8 Å². The van der Waals surface area contributed by atoms with Gasteiger partial charge in [0.05, 0.1) is 5.56 Å². The predicted octanol–water partition coefficient (Wildman–Crippen LogP) is 2.42. The summed E-state index contributed by atoms with van der Waals surface area (Å²) in [5.74, 6) is -1.41. The van der Waals surface area contributed by atoms with Crippen LogP contribution in [0.5, 0.6) is 5.75 Å². The number of amides is 1. The maximum absolute atomic E-state index is 12.2. The molecule has 1 atom stereocenters. The Morgan fingerprint density at radius 2 is 1.73 bits per heavy atom. The number of benzene rings is 2. The number of carboxylic acids is 1. The van der Waals surface area contributed by atoms with E-state index in [1.165, 1.54) is 12.1 Å². The van der Waals surface area contributed by atoms with Crippen LogP contribution >= 0.6 is 22.6 Å². The van der Waals surface area contributed by atoms with Gasteiger partial charge in [0.2, 0.25) is 0 Å². The Bertz CT molecular complexity index is 685. The average molecular weight is 411 g/mol. The van der Waals surface area contributed by atoms with Crippen molar-refractivity contribution >= 4 is 34.5 Å². The Hall–Kier alpha value is -2.09. The van der Waals surface area contributed by atoms with Crippen molar-refractivity contribution in [2.45, 2.75) is 12.5 Å². The van der Waals surface area contributed by atoms with Crippen molar-refractivity contribution in [2.24, 2.45) is 0 Å². The van der Waals surface area contributed by atoms with Gasteiger partial charge in [-0.25, -0.2) is 4.79 Å². The predicted molar refractivity (Wildman–Crippen MR) is 89.9 cm³/mol. The van der Waals surface area contributed by atoms with Crippen molar-refractivity contribution in [2.75, 3.05) is 0 Å². The van der Waals surface area contributed by atoms with Crippen LogP contribution in [-0.2, 0) is 11.2 Å². The number of carbonyl (C=O) groups excluding carboxylic acids is 1. The highest BCUT2D eigenvalue weighted by atomic mass is 127. The maximum Gasteiger partial charge on any atom is 0.326 e. The number of halogens is 1. The van der Waals surface area contributed by atoms with Crippen LogP contribution < -0.4 is 5.32 Å². The van der Waals surface area contributed by atoms with E-state index in [0.29, 0.717) is 11.1 Å². The number of hydrogen-bond acceptors (Lipinski definition) is 3. The van der Waals surface area contributed by atoms with E-state index in [1.54, 1.807) is 30.3 Å². The molecule has 3 N–H and O–H groups in total. The largest absolute Gasteiger partial charge is 0.508 e. The number of aliphatic carboxylic acids is 1. The zero-order chi connectivity index (χ0) is 16.1. The first-order valence-electron chi connectivity index (χ1n) is 6.53. The molecule has 0 aliphatic carbocycles. The van der Waals surface area contributed by atoms with Gasteiger partial charge in [0.1, 0.15) is 11.8 Å². The SMILES string of the molecule is O=C(NC(Cc1ccc(O)cc1)C(=O)O)c1ccccc1I. The van der Waals surface area contributed by atoms with Crippen LogP contribution in [0.1, 0.15) is 15.9 Å². The molecule has 22 heavy (non-hydrogen) atoms. The van der Waals surface area contributed by atoms with E-state index in [4.69, 9.17) is 0 Å². The summed E-state index contributed by atoms with van der Waals surface area (Å²) in [6.45, 7) is 0. The van der Waals surface area contributed by atoms with E-state index in [2.05, 4.69) is 5.32 Å². The molecule has 0 radical (unpaired) electrons. The van der Waals surface area contributed by atoms with Gasteiger partial charge in [0, 0.05) is 9.99 Å². The number of nitrogens with one attached hydrogen (secondary N) is 1. The molecular formula is C16H14INO4. The molecule has 0 bridgehead atoms. The Morgan fingerprint density at radius 3 is 2.32 bits per heavy atom. The fraction of sp³-hybridized carbons (Fsp3) is 0.125. The van der Waals surface area contributed by atoms with Crippen LogP contribution in [0.2, 0.25) is 0 Å². The number of phenolic OH excluding ortho intramolecular Hbond substituents is 1. The quantitative estimate of drug-likeness (QED) is 0.660. The molecule has 1 amide bonds. The standard InChI is InChI=1S/C16H14INO4/c17-13-4-2-1-3-12(13)15(20)18-14(16(21)22)9-10-5-7-11(19)8-6-10/h1-8,14,19H,9H2,(H,18,20)(H,21,22). The van der Waals surface area contributed by atoms with Crippen LogP contribution in [0.4, 0.5) is 0 Å². The number of aromatic hydroxyl groups is 1. The van der Waals surface area contributed by atoms with E-state index >= 15 is 0 Å². The summed E-state index contributed by atoms with van der Waals surface area (Å²) in [7, 11) is 0. The lowest BCUT2D eigenvalue weighted by Crippen LogP contribution is -2.42. The summed E-state index contributed by atoms with van der Waals surface area (Å²) >= 11 is 2.03. The van der Waals surface area contributed by atoms with Crippen molar-refractivity contribution in [1.29, 1.82) is 0 Å². The van der Waals surface area contributed by atoms with Gasteiger partial charge < -0.3 is 15.5 Å². The number of carbonyl (C=O) groups is 2. The minimum absolute atomic E-state index is 0.110. The van der Waals surface area contributed by atoms with Crippen LogP contribution in [-0.4, -0.2) is 28.1 Å². The van der Waals surface area contributed by atoms with Crippen LogP contribution in [0.15, 0.2) is 48.5 Å². The highest BCUT2D eigenvalue weighted by Crippen LogP contribution is 2.14. The molecule has 0 fully saturated rings. The van der Waals surface area contributed by atoms with E-state index in [1.807, 2.05) is 28.7 Å². The fourth-order valence-corrected chi connectivity index (χ4v) is 2.58. The summed E-state index contributed by atoms with van der Waals surface area (Å²) in [5, 5.41) is 21.1. The number of phenols is 1. The van der Waals surface area contributed by atoms with Gasteiger partial charge in [-0.05, 0) is 52.4 Å². The lowest BCUT2D eigenvalue weighted by atomic mass is 10.1. The topological polar surface area (TPSA) is 86.6 Å². The summed E-state index contributed by atoms with van der Waals surface area (Å²) in [6, 6.07) is 12.2. The normalized spacial score (nSPS) is 11.7. The second kappa shape index (κ2) is 7.26. The number of carboxylic acid groups (broad SMARTS) is 1. The molecule has 0 saturated heterocycles. The van der Waals surface area contributed by atoms with Crippen molar-refractivity contribution < 1.29 is 19.8 Å². The van der Waals surface area contributed by atoms with E-state index in [0.717, 1.165) is 3.57 Å². The van der Waals surface area contributed by atoms with Crippen molar-refractivity contribution in [3.05, 3.63) is 63.2 Å². The number of rotatable bonds is 5. The minimum Gasteiger partial charge on any atom is -0.508 e. The third kappa shape index (κ3) is 4.20. The van der Waals surface area contributed by atoms with Gasteiger partial charge in [-0.15, -0.1) is 0 Å². The summed E-state index contributed by atoms with van der Waals surface area (Å²) in [4.78, 5) is 23.6. The summed E-state index contributed by atoms with van der Waals surface area (Å²) in [6.07, 6.45) is 0.144. The van der Waals surface area contributed by atoms with Gasteiger partial charge in [0.15, 0.2) is 0 Å². The molecule has 114 valence electrons. The molecule has 2 aromatic rings. The van der Waals surface area contributed by atoms with Crippen LogP contribution in [0.25, 0.3) is 0 Å². The molecule has 2 aromatic carbocycles. The molecule has 0 heterocycles. The van der Waals surface area contributed by atoms with Gasteiger partial charge in [-0.2, -0.15) is 0 Å². The second-order valence-corrected chi connectivity index (χ2v) is 5.88. The molecule has 1 unspecified atom stereocenters. The van der Waals surface area contributed by atoms with Crippen LogP contribution in [0.3, 0.4) is 0 Å². The van der Waals surface area contributed by atoms with Crippen LogP contribution in [0, 0.1) is 3.57 Å². The van der Waals surface area contributed by atoms with Gasteiger partial charge in [-0.3, -0.25) is 4.79 Å². The molecule has 2 rings (SSSR count). The van der Waals surface area contributed by atoms with Crippen molar-refractivity contribution in [3.8, 4) is 5.75 Å². The lowest BCUT2D eigenvalue weighted by Gasteiger charge is -2.15. The maximum atomic E-state index is 12.2. The van der Waals surface area contributed by atoms with E-state index < -0.39 is 17.9 Å². The molecule has 0 spiro atoms. The monoisotopic (exact) mass is 411 g/mol. The van der Waals surface area contributed by atoms with Crippen molar-refractivity contribution in [1.82, 2.24) is 5.32 Å². The third-order valence-electron chi connectivity index (χ3n) is 3.10. The van der Waals surface area contributed by atoms with Gasteiger partial charge >= 0.3 is 5.97 Å². The van der Waals surface area contributed by atoms with E-state index in [-0.39, 0.29) is 12.2 Å². The van der Waals surface area contributed by atoms with Crippen molar-refractivity contribution in [3.63, 3.8) is 0 Å². The molecular weight excluding hydrogens is 397 g/mol. The Morgan fingerprint density at radius 1 is 1.09 bits per heavy atom. The molecule has 6 heteroatoms. The molecule has 0 aromatic heterocycles. The lowest BCUT2D eigenvalue weighted by molar-refractivity contribution is -0.139. The first-order chi connectivity index (χ1) is 10.5. The fourth-order valence-electron chi connectivity index (χ4n) is 1.95. The zero-order valence-electron chi connectivity index (χ0n) is 11.5. The number of hydrogen-bond donors (Lipinski definition) is 3. The Labute approximate surface area is 141 Å². The van der Waals surface area contributed by atoms with Gasteiger partial charge in [0.25, 0.3) is 5.91 Å². The summed E-state index contributed by atoms with van der Waals surface area (Å²) in [5.41, 5.74) is 1.16. The third-order valence-corrected chi connectivity index (χ3v) is 4.04. The Kier molecular flexibility index (Phi) is 5.37. The second-order valence-electron chi connectivity index (χ2n) is 4.71. The highest BCUT2D eigenvalue weighted by molar-refractivity contribution is 14.1. The Balaban J connectivity index is 2.12. The minimum atomic E-state index is -1.10. The highest BCUT2D eigenvalue weighted by Gasteiger charge is 2.22. The smallest absolute Gasteiger partial charge is 0.326 e. The van der Waals surface area contributed by atoms with Gasteiger partial charge in [-0.1, -0.05) is 24.3 Å². The molecule has 0 aliphatic rings. The molecule has 0 aliphatic heterocycles. The molecule has 5 nitrogen and oxygen atoms in total. The zero-order valence-corrected chi connectivity index (χ0v) is 13.6. The first-order valence-corrected chi connectivity index (χ1v) is 7.61. The summed E-state index contributed by atoms with van der Waals surface area (Å²) < 4.78 is 0.756. The first kappa shape index (κ1) is 16.3. The average Bonchev–Trinajstić information content (AvgIpc) is 2.49. The molecule has 0 saturated carbocycles.